The highest BCUT2D eigenvalue weighted by Crippen LogP contribution is 2.15. The Bertz CT molecular complexity index is 634. The number of benzene rings is 1. The molecule has 0 saturated carbocycles. The molecule has 21 heavy (non-hydrogen) atoms. The van der Waals surface area contributed by atoms with E-state index in [2.05, 4.69) is 34.8 Å². The highest BCUT2D eigenvalue weighted by Gasteiger charge is 2.08. The Morgan fingerprint density at radius 1 is 1.10 bits per heavy atom. The van der Waals surface area contributed by atoms with Gasteiger partial charge < -0.3 is 4.57 Å². The van der Waals surface area contributed by atoms with Gasteiger partial charge in [0.05, 0.1) is 11.6 Å². The summed E-state index contributed by atoms with van der Waals surface area (Å²) >= 11 is 0. The molecule has 0 radical (unpaired) electrons. The molecule has 0 unspecified atom stereocenters. The number of hydrogen-bond acceptors (Lipinski definition) is 2. The summed E-state index contributed by atoms with van der Waals surface area (Å²) in [6.07, 6.45) is 5.84. The molecule has 0 amide bonds. The molecule has 0 atom stereocenters. The monoisotopic (exact) mass is 277 g/mol. The van der Waals surface area contributed by atoms with Crippen LogP contribution in [0.2, 0.25) is 0 Å². The Morgan fingerprint density at radius 2 is 1.76 bits per heavy atom. The molecule has 2 rings (SSSR count). The zero-order valence-electron chi connectivity index (χ0n) is 12.1. The maximum atomic E-state index is 8.87. The van der Waals surface area contributed by atoms with E-state index < -0.39 is 0 Å². The van der Waals surface area contributed by atoms with Gasteiger partial charge in [0.1, 0.15) is 0 Å². The van der Waals surface area contributed by atoms with Crippen molar-refractivity contribution >= 4 is 0 Å². The van der Waals surface area contributed by atoms with Gasteiger partial charge >= 0.3 is 0 Å². The average Bonchev–Trinajstić information content (AvgIpc) is 2.96. The Kier molecular flexibility index (Phi) is 5.14. The van der Waals surface area contributed by atoms with Crippen LogP contribution >= 0.6 is 0 Å². The first-order valence-electron chi connectivity index (χ1n) is 6.89. The molecule has 0 aliphatic rings. The van der Waals surface area contributed by atoms with Crippen molar-refractivity contribution in [2.45, 2.75) is 6.54 Å². The normalized spacial score (nSPS) is 10.3. The second-order valence-corrected chi connectivity index (χ2v) is 4.80. The van der Waals surface area contributed by atoms with Crippen LogP contribution in [0.4, 0.5) is 0 Å². The van der Waals surface area contributed by atoms with Crippen LogP contribution in [0.25, 0.3) is 5.69 Å². The first-order valence-corrected chi connectivity index (χ1v) is 6.89. The molecule has 106 valence electrons. The van der Waals surface area contributed by atoms with E-state index in [1.165, 1.54) is 5.69 Å². The quantitative estimate of drug-likeness (QED) is 0.725. The van der Waals surface area contributed by atoms with Gasteiger partial charge in [-0.1, -0.05) is 12.2 Å². The number of rotatable bonds is 7. The lowest BCUT2D eigenvalue weighted by molar-refractivity contribution is 0.322. The lowest BCUT2D eigenvalue weighted by Crippen LogP contribution is -2.24. The fourth-order valence-electron chi connectivity index (χ4n) is 2.29. The topological polar surface area (TPSA) is 32.0 Å². The Hall–Kier alpha value is -2.57. The van der Waals surface area contributed by atoms with Gasteiger partial charge in [0.15, 0.2) is 0 Å². The van der Waals surface area contributed by atoms with Crippen LogP contribution in [-0.2, 0) is 6.54 Å². The zero-order valence-corrected chi connectivity index (χ0v) is 12.1. The van der Waals surface area contributed by atoms with Gasteiger partial charge in [0.25, 0.3) is 0 Å². The molecule has 3 nitrogen and oxygen atoms in total. The number of nitrogens with zero attached hydrogens (tertiary/aromatic N) is 3. The van der Waals surface area contributed by atoms with Crippen LogP contribution in [0.1, 0.15) is 11.3 Å². The van der Waals surface area contributed by atoms with E-state index in [0.29, 0.717) is 5.56 Å². The van der Waals surface area contributed by atoms with Crippen LogP contribution in [0.5, 0.6) is 0 Å². The van der Waals surface area contributed by atoms with Gasteiger partial charge in [-0.25, -0.2) is 0 Å². The van der Waals surface area contributed by atoms with Crippen molar-refractivity contribution in [3.05, 3.63) is 79.2 Å². The number of hydrogen-bond donors (Lipinski definition) is 0. The van der Waals surface area contributed by atoms with Crippen molar-refractivity contribution in [1.29, 1.82) is 5.26 Å². The summed E-state index contributed by atoms with van der Waals surface area (Å²) in [4.78, 5) is 2.26. The smallest absolute Gasteiger partial charge is 0.0991 e. The average molecular weight is 277 g/mol. The van der Waals surface area contributed by atoms with E-state index in [0.717, 1.165) is 25.3 Å². The summed E-state index contributed by atoms with van der Waals surface area (Å²) in [7, 11) is 0. The number of nitriles is 1. The fourth-order valence-corrected chi connectivity index (χ4v) is 2.29. The summed E-state index contributed by atoms with van der Waals surface area (Å²) in [6.45, 7) is 10.1. The SMILES string of the molecule is C=CCN(CC=C)Cc1cccn1-c1ccc(C#N)cc1. The van der Waals surface area contributed by atoms with Crippen molar-refractivity contribution in [3.8, 4) is 11.8 Å². The predicted octanol–water partition coefficient (Wildman–Crippen LogP) is 3.52. The Balaban J connectivity index is 2.22. The molecule has 3 heteroatoms. The lowest BCUT2D eigenvalue weighted by Gasteiger charge is -2.20. The van der Waals surface area contributed by atoms with Crippen molar-refractivity contribution in [1.82, 2.24) is 9.47 Å². The summed E-state index contributed by atoms with van der Waals surface area (Å²) in [5.74, 6) is 0. The van der Waals surface area contributed by atoms with Crippen LogP contribution in [0, 0.1) is 11.3 Å². The number of aromatic nitrogens is 1. The van der Waals surface area contributed by atoms with E-state index in [-0.39, 0.29) is 0 Å². The summed E-state index contributed by atoms with van der Waals surface area (Å²) in [5.41, 5.74) is 2.93. The fraction of sp³-hybridized carbons (Fsp3) is 0.167. The maximum Gasteiger partial charge on any atom is 0.0991 e. The van der Waals surface area contributed by atoms with Gasteiger partial charge in [0, 0.05) is 37.2 Å². The van der Waals surface area contributed by atoms with Crippen molar-refractivity contribution in [2.24, 2.45) is 0 Å². The summed E-state index contributed by atoms with van der Waals surface area (Å²) < 4.78 is 2.14. The summed E-state index contributed by atoms with van der Waals surface area (Å²) in [5, 5.41) is 8.87. The minimum absolute atomic E-state index is 0.674. The first kappa shape index (κ1) is 14.8. The molecule has 0 aliphatic carbocycles. The van der Waals surface area contributed by atoms with Gasteiger partial charge in [-0.05, 0) is 36.4 Å². The zero-order chi connectivity index (χ0) is 15.1. The van der Waals surface area contributed by atoms with Gasteiger partial charge in [-0.2, -0.15) is 5.26 Å². The van der Waals surface area contributed by atoms with E-state index in [1.807, 2.05) is 48.7 Å². The molecule has 0 bridgehead atoms. The maximum absolute atomic E-state index is 8.87. The van der Waals surface area contributed by atoms with Crippen LogP contribution in [-0.4, -0.2) is 22.6 Å². The van der Waals surface area contributed by atoms with Crippen molar-refractivity contribution < 1.29 is 0 Å². The third kappa shape index (κ3) is 3.71. The Labute approximate surface area is 126 Å². The highest BCUT2D eigenvalue weighted by atomic mass is 15.1. The molecular formula is C18H19N3. The lowest BCUT2D eigenvalue weighted by atomic mass is 10.2. The molecule has 0 aliphatic heterocycles. The van der Waals surface area contributed by atoms with Crippen LogP contribution < -0.4 is 0 Å². The molecule has 0 fully saturated rings. The van der Waals surface area contributed by atoms with E-state index >= 15 is 0 Å². The second-order valence-electron chi connectivity index (χ2n) is 4.80. The van der Waals surface area contributed by atoms with Gasteiger partial charge in [-0.15, -0.1) is 13.2 Å². The van der Waals surface area contributed by atoms with Crippen LogP contribution in [0.15, 0.2) is 67.9 Å². The minimum atomic E-state index is 0.674. The molecule has 0 N–H and O–H groups in total. The molecule has 0 saturated heterocycles. The van der Waals surface area contributed by atoms with Crippen LogP contribution in [0.3, 0.4) is 0 Å². The molecule has 2 aromatic rings. The molecule has 1 heterocycles. The van der Waals surface area contributed by atoms with E-state index in [9.17, 15) is 0 Å². The second kappa shape index (κ2) is 7.28. The van der Waals surface area contributed by atoms with Gasteiger partial charge in [0.2, 0.25) is 0 Å². The molecular weight excluding hydrogens is 258 g/mol. The van der Waals surface area contributed by atoms with Gasteiger partial charge in [-0.3, -0.25) is 4.90 Å². The molecule has 1 aromatic heterocycles. The minimum Gasteiger partial charge on any atom is -0.320 e. The Morgan fingerprint density at radius 3 is 2.33 bits per heavy atom. The molecule has 0 spiro atoms. The third-order valence-electron chi connectivity index (χ3n) is 3.27. The predicted molar refractivity (Wildman–Crippen MR) is 86.2 cm³/mol. The molecule has 1 aromatic carbocycles. The van der Waals surface area contributed by atoms with E-state index in [1.54, 1.807) is 0 Å². The highest BCUT2D eigenvalue weighted by molar-refractivity contribution is 5.41. The first-order chi connectivity index (χ1) is 10.3. The van der Waals surface area contributed by atoms with E-state index in [4.69, 9.17) is 5.26 Å². The summed E-state index contributed by atoms with van der Waals surface area (Å²) in [6, 6.07) is 13.9. The largest absolute Gasteiger partial charge is 0.320 e. The van der Waals surface area contributed by atoms with Crippen molar-refractivity contribution in [2.75, 3.05) is 13.1 Å². The standard InChI is InChI=1S/C18H19N3/c1-3-11-20(12-4-2)15-18-6-5-13-21(18)17-9-7-16(14-19)8-10-17/h3-10,13H,1-2,11-12,15H2. The van der Waals surface area contributed by atoms with Crippen molar-refractivity contribution in [3.63, 3.8) is 0 Å². The third-order valence-corrected chi connectivity index (χ3v) is 3.27.